The van der Waals surface area contributed by atoms with Crippen molar-refractivity contribution in [3.05, 3.63) is 47.6 Å². The predicted molar refractivity (Wildman–Crippen MR) is 386 cm³/mol. The maximum absolute atomic E-state index is 13.6. The van der Waals surface area contributed by atoms with E-state index in [0.717, 1.165) is 11.4 Å². The summed E-state index contributed by atoms with van der Waals surface area (Å²) in [5.41, 5.74) is 27.8. The van der Waals surface area contributed by atoms with Gasteiger partial charge >= 0.3 is 5.97 Å². The monoisotopic (exact) mass is 1640 g/mol. The van der Waals surface area contributed by atoms with Crippen LogP contribution < -0.4 is 65.1 Å². The summed E-state index contributed by atoms with van der Waals surface area (Å²) in [6.07, 6.45) is -12.7. The molecule has 0 aliphatic carbocycles. The molecule has 0 spiro atoms. The second kappa shape index (κ2) is 47.8. The predicted octanol–water partition coefficient (Wildman–Crippen LogP) is -13.2. The van der Waals surface area contributed by atoms with E-state index in [1.165, 1.54) is 27.7 Å². The molecule has 0 saturated carbocycles. The number of nitrogens with zero attached hydrogens (tertiary/aromatic N) is 6. The molecule has 8 aliphatic heterocycles. The lowest BCUT2D eigenvalue weighted by molar-refractivity contribution is -0.272. The number of hydrogen-bond donors (Lipinski definition) is 25. The van der Waals surface area contributed by atoms with E-state index < -0.39 is 185 Å². The summed E-state index contributed by atoms with van der Waals surface area (Å²) in [7, 11) is 0. The number of nitrogens with one attached hydrogen (secondary N) is 12. The Morgan fingerprint density at radius 2 is 0.658 bits per heavy atom. The van der Waals surface area contributed by atoms with E-state index in [1.807, 2.05) is 12.4 Å². The zero-order chi connectivity index (χ0) is 82.4. The van der Waals surface area contributed by atoms with Gasteiger partial charge in [-0.15, -0.1) is 22.1 Å². The summed E-state index contributed by atoms with van der Waals surface area (Å²) in [6.45, 7) is 6.20. The third-order valence-corrected chi connectivity index (χ3v) is 19.1. The third kappa shape index (κ3) is 28.7. The number of aliphatic carboxylic acids is 1. The van der Waals surface area contributed by atoms with E-state index >= 15 is 0 Å². The van der Waals surface area contributed by atoms with E-state index in [2.05, 4.69) is 70.0 Å². The Morgan fingerprint density at radius 1 is 0.395 bits per heavy atom. The Labute approximate surface area is 657 Å². The van der Waals surface area contributed by atoms with Crippen molar-refractivity contribution >= 4 is 29.6 Å². The number of carbonyl (C=O) groups is 5. The highest BCUT2D eigenvalue weighted by molar-refractivity contribution is 5.75. The Bertz CT molecular complexity index is 2900. The molecule has 0 aromatic heterocycles. The molecule has 0 aromatic carbocycles. The average molecular weight is 1640 g/mol. The zero-order valence-corrected chi connectivity index (χ0v) is 64.2. The number of aliphatic hydroxyl groups is 12. The maximum Gasteiger partial charge on any atom is 0.320 e. The molecule has 8 heterocycles. The van der Waals surface area contributed by atoms with Crippen LogP contribution in [0.3, 0.4) is 0 Å². The molecule has 8 rings (SSSR count). The van der Waals surface area contributed by atoms with Crippen molar-refractivity contribution in [2.45, 2.75) is 176 Å². The molecule has 0 radical (unpaired) electrons. The normalized spacial score (nSPS) is 30.6. The number of rotatable bonds is 51. The van der Waals surface area contributed by atoms with Crippen LogP contribution in [-0.4, -0.2) is 419 Å². The van der Waals surface area contributed by atoms with Gasteiger partial charge in [0.2, 0.25) is 23.6 Å². The van der Waals surface area contributed by atoms with Crippen LogP contribution in [0, 0.1) is 0 Å². The summed E-state index contributed by atoms with van der Waals surface area (Å²) >= 11 is 0. The van der Waals surface area contributed by atoms with Crippen LogP contribution in [0.1, 0.15) is 47.0 Å². The third-order valence-electron chi connectivity index (χ3n) is 19.1. The first-order chi connectivity index (χ1) is 54.8. The van der Waals surface area contributed by atoms with Gasteiger partial charge in [0.05, 0.1) is 155 Å². The highest BCUT2D eigenvalue weighted by Crippen LogP contribution is 2.27. The molecule has 21 atom stereocenters. The number of carboxylic acid groups (broad SMARTS) is 1. The minimum absolute atomic E-state index is 0.0237. The second-order valence-electron chi connectivity index (χ2n) is 28.0. The Balaban J connectivity index is 0.880. The lowest BCUT2D eigenvalue weighted by Crippen LogP contribution is -2.64. The molecule has 652 valence electrons. The van der Waals surface area contributed by atoms with Gasteiger partial charge in [-0.2, -0.15) is 0 Å². The largest absolute Gasteiger partial charge is 0.480 e. The molecule has 114 heavy (non-hydrogen) atoms. The molecule has 20 unspecified atom stereocenters. The summed E-state index contributed by atoms with van der Waals surface area (Å²) < 4.78 is 69.0. The summed E-state index contributed by atoms with van der Waals surface area (Å²) in [4.78, 5) is 65.2. The zero-order valence-electron chi connectivity index (χ0n) is 64.2. The van der Waals surface area contributed by atoms with Gasteiger partial charge in [0.1, 0.15) is 103 Å². The number of hydrogen-bond acceptors (Lipinski definition) is 43. The molecule has 0 aromatic rings. The summed E-state index contributed by atoms with van der Waals surface area (Å²) in [6, 6.07) is -5.51. The van der Waals surface area contributed by atoms with Gasteiger partial charge in [0.25, 0.3) is 0 Å². The van der Waals surface area contributed by atoms with Crippen molar-refractivity contribution in [1.82, 2.24) is 94.9 Å². The fourth-order valence-corrected chi connectivity index (χ4v) is 13.3. The number of hydrazine groups is 8. The van der Waals surface area contributed by atoms with Crippen molar-refractivity contribution < 1.29 is 147 Å². The van der Waals surface area contributed by atoms with Crippen LogP contribution in [0.25, 0.3) is 0 Å². The van der Waals surface area contributed by atoms with Gasteiger partial charge in [0.15, 0.2) is 25.2 Å². The van der Waals surface area contributed by atoms with E-state index in [0.29, 0.717) is 70.0 Å². The van der Waals surface area contributed by atoms with Crippen LogP contribution in [0.5, 0.6) is 0 Å². The van der Waals surface area contributed by atoms with Crippen molar-refractivity contribution in [1.29, 1.82) is 0 Å². The SMILES string of the molecule is CC(=O)NC1C(OCCOCCN2C=C(CN(CCCC[C@@H](C(=O)O)N(CC3=CN(CCOCCOC4OC(CO)C(O)C(O)C4NC(C)=O)NN3)CC3=CN(CCOCCOC4OC(CO)C(O)C(O)C4NC(C)=O)NN3)CC3=CN(CCOCCOC4OC(CO)C(O)C(O)C4NC(C)=O)NN3)NN2)OC(CO)C(O)C1O. The van der Waals surface area contributed by atoms with Gasteiger partial charge in [-0.05, 0) is 19.4 Å². The van der Waals surface area contributed by atoms with Crippen molar-refractivity contribution in [2.75, 3.05) is 165 Å². The first-order valence-corrected chi connectivity index (χ1v) is 37.8. The molecule has 48 heteroatoms. The van der Waals surface area contributed by atoms with Crippen molar-refractivity contribution in [3.8, 4) is 0 Å². The highest BCUT2D eigenvalue weighted by atomic mass is 16.7. The Hall–Kier alpha value is -6.49. The fourth-order valence-electron chi connectivity index (χ4n) is 13.3. The molecule has 8 aliphatic rings. The molecule has 4 amide bonds. The van der Waals surface area contributed by atoms with Crippen LogP contribution in [0.15, 0.2) is 47.6 Å². The van der Waals surface area contributed by atoms with Crippen molar-refractivity contribution in [3.63, 3.8) is 0 Å². The minimum Gasteiger partial charge on any atom is -0.480 e. The number of carboxylic acids is 1. The molecule has 4 saturated heterocycles. The maximum atomic E-state index is 13.6. The number of amides is 4. The number of aliphatic hydroxyl groups excluding tert-OH is 12. The molecule has 4 fully saturated rings. The first-order valence-electron chi connectivity index (χ1n) is 37.8. The molecule has 0 bridgehead atoms. The van der Waals surface area contributed by atoms with E-state index in [-0.39, 0.29) is 98.8 Å². The van der Waals surface area contributed by atoms with Gasteiger partial charge in [-0.3, -0.25) is 53.8 Å². The standard InChI is InChI=1S/C66H118N18O30/c1-37(89)67-50-58(97)54(93)46(33-85)111-63(50)107-21-17-103-13-9-81-29-41(71-75-81)25-79(26-42-30-82(76-72-42)10-14-104-18-22-108-64-51(68-38(2)90)59(98)55(94)47(34-86)112-64)8-6-5-7-45(62(101)102)80(27-43-31-83(77-73-43)11-15-105-19-23-109-65-52(69-39(3)91)60(99)56(95)48(35-87)113-65)28-44-32-84(78-74-44)12-16-106-20-24-110-66-53(70-40(4)92)61(100)57(96)49(36-88)114-66/h29-32,45-61,63-66,71-78,85-88,93-100H,5-28,33-36H2,1-4H3,(H,67,89)(H,68,90)(H,69,91)(H,70,92)(H,101,102)/t45-,46?,47?,48?,49?,50?,51?,52?,53?,54?,55?,56?,57?,58?,59?,60?,61?,63?,64?,65?,66?/m0/s1. The number of carbonyl (C=O) groups excluding carboxylic acids is 4. The topological polar surface area (TPSA) is 623 Å². The van der Waals surface area contributed by atoms with Crippen LogP contribution in [-0.2, 0) is 80.8 Å². The lowest BCUT2D eigenvalue weighted by atomic mass is 9.97. The first kappa shape index (κ1) is 93.0. The van der Waals surface area contributed by atoms with Crippen LogP contribution >= 0.6 is 0 Å². The average Bonchev–Trinajstić information content (AvgIpc) is 1.16. The molecular weight excluding hydrogens is 1520 g/mol. The smallest absolute Gasteiger partial charge is 0.320 e. The second-order valence-corrected chi connectivity index (χ2v) is 28.0. The van der Waals surface area contributed by atoms with Gasteiger partial charge < -0.3 is 166 Å². The van der Waals surface area contributed by atoms with Crippen LogP contribution in [0.4, 0.5) is 0 Å². The van der Waals surface area contributed by atoms with Crippen LogP contribution in [0.2, 0.25) is 0 Å². The highest BCUT2D eigenvalue weighted by Gasteiger charge is 2.49. The number of ether oxygens (including phenoxy) is 12. The fraction of sp³-hybridized carbons (Fsp3) is 0.803. The van der Waals surface area contributed by atoms with Gasteiger partial charge in [-0.25, -0.2) is 0 Å². The number of unbranched alkanes of at least 4 members (excludes halogenated alkanes) is 1. The van der Waals surface area contributed by atoms with Gasteiger partial charge in [0, 0.05) is 78.7 Å². The Morgan fingerprint density at radius 3 is 0.904 bits per heavy atom. The van der Waals surface area contributed by atoms with Gasteiger partial charge in [-0.1, -0.05) is 6.42 Å². The summed E-state index contributed by atoms with van der Waals surface area (Å²) in [5.74, 6) is -3.06. The van der Waals surface area contributed by atoms with Crippen molar-refractivity contribution in [2.24, 2.45) is 0 Å². The van der Waals surface area contributed by atoms with E-state index in [1.54, 1.807) is 37.3 Å². The summed E-state index contributed by atoms with van der Waals surface area (Å²) in [5, 5.41) is 151. The quantitative estimate of drug-likeness (QED) is 0.0252. The van der Waals surface area contributed by atoms with E-state index in [9.17, 15) is 90.4 Å². The molecular formula is C66H118N18O30. The Kier molecular flexibility index (Phi) is 39.0. The van der Waals surface area contributed by atoms with E-state index in [4.69, 9.17) is 56.8 Å². The molecule has 48 nitrogen and oxygen atoms in total. The molecule has 25 N–H and O–H groups in total. The minimum atomic E-state index is -1.48. The lowest BCUT2D eigenvalue weighted by Gasteiger charge is -2.42.